The van der Waals surface area contributed by atoms with Crippen LogP contribution in [0.3, 0.4) is 0 Å². The van der Waals surface area contributed by atoms with Crippen LogP contribution in [0.25, 0.3) is 0 Å². The average Bonchev–Trinajstić information content (AvgIpc) is 2.49. The highest BCUT2D eigenvalue weighted by Crippen LogP contribution is 2.29. The fraction of sp³-hybridized carbons (Fsp3) is 0.125. The predicted octanol–water partition coefficient (Wildman–Crippen LogP) is 3.43. The van der Waals surface area contributed by atoms with Crippen LogP contribution >= 0.6 is 0 Å². The molecule has 2 aromatic rings. The first kappa shape index (κ1) is 13.5. The molecule has 20 heavy (non-hydrogen) atoms. The summed E-state index contributed by atoms with van der Waals surface area (Å²) >= 11 is 0. The standard InChI is InChI=1S/C16H12N2O2/c1-19-15-7-4-13(11-18)16(10-15)20-14-5-2-12(3-6-14)8-9-17/h2-7,10H,8H2,1H3. The maximum Gasteiger partial charge on any atom is 0.148 e. The van der Waals surface area contributed by atoms with Gasteiger partial charge in [0.1, 0.15) is 23.3 Å². The molecule has 4 heteroatoms. The molecule has 0 radical (unpaired) electrons. The van der Waals surface area contributed by atoms with Gasteiger partial charge in [-0.3, -0.25) is 0 Å². The molecular formula is C16H12N2O2. The van der Waals surface area contributed by atoms with E-state index in [9.17, 15) is 0 Å². The maximum atomic E-state index is 9.07. The average molecular weight is 264 g/mol. The van der Waals surface area contributed by atoms with Crippen molar-refractivity contribution in [2.24, 2.45) is 0 Å². The van der Waals surface area contributed by atoms with E-state index in [1.165, 1.54) is 0 Å². The highest BCUT2D eigenvalue weighted by molar-refractivity contribution is 5.49. The smallest absolute Gasteiger partial charge is 0.148 e. The molecule has 0 saturated heterocycles. The van der Waals surface area contributed by atoms with E-state index in [1.807, 2.05) is 12.1 Å². The van der Waals surface area contributed by atoms with Crippen LogP contribution in [0.1, 0.15) is 11.1 Å². The molecule has 0 spiro atoms. The third-order valence-corrected chi connectivity index (χ3v) is 2.74. The molecule has 0 N–H and O–H groups in total. The summed E-state index contributed by atoms with van der Waals surface area (Å²) in [4.78, 5) is 0. The fourth-order valence-corrected chi connectivity index (χ4v) is 1.70. The van der Waals surface area contributed by atoms with Crippen LogP contribution in [0.15, 0.2) is 42.5 Å². The third-order valence-electron chi connectivity index (χ3n) is 2.74. The SMILES string of the molecule is COc1ccc(C#N)c(Oc2ccc(CC#N)cc2)c1. The molecule has 2 aromatic carbocycles. The number of hydrogen-bond donors (Lipinski definition) is 0. The van der Waals surface area contributed by atoms with Crippen molar-refractivity contribution in [3.63, 3.8) is 0 Å². The normalized spacial score (nSPS) is 9.35. The van der Waals surface area contributed by atoms with Crippen LogP contribution in [0.4, 0.5) is 0 Å². The second-order valence-electron chi connectivity index (χ2n) is 4.05. The zero-order valence-electron chi connectivity index (χ0n) is 11.0. The minimum absolute atomic E-state index is 0.364. The molecule has 2 rings (SSSR count). The monoisotopic (exact) mass is 264 g/mol. The number of methoxy groups -OCH3 is 1. The van der Waals surface area contributed by atoms with Crippen molar-refractivity contribution in [3.8, 4) is 29.4 Å². The van der Waals surface area contributed by atoms with E-state index in [-0.39, 0.29) is 0 Å². The summed E-state index contributed by atoms with van der Waals surface area (Å²) in [6.07, 6.45) is 0.364. The van der Waals surface area contributed by atoms with Crippen LogP contribution in [-0.4, -0.2) is 7.11 Å². The molecule has 0 amide bonds. The molecule has 0 heterocycles. The highest BCUT2D eigenvalue weighted by atomic mass is 16.5. The van der Waals surface area contributed by atoms with E-state index < -0.39 is 0 Å². The number of rotatable bonds is 4. The lowest BCUT2D eigenvalue weighted by molar-refractivity contribution is 0.409. The van der Waals surface area contributed by atoms with Crippen LogP contribution in [-0.2, 0) is 6.42 Å². The topological polar surface area (TPSA) is 66.0 Å². The van der Waals surface area contributed by atoms with Gasteiger partial charge in [-0.25, -0.2) is 0 Å². The van der Waals surface area contributed by atoms with Crippen molar-refractivity contribution < 1.29 is 9.47 Å². The number of benzene rings is 2. The van der Waals surface area contributed by atoms with Crippen LogP contribution in [0, 0.1) is 22.7 Å². The van der Waals surface area contributed by atoms with Crippen molar-refractivity contribution in [1.82, 2.24) is 0 Å². The lowest BCUT2D eigenvalue weighted by Gasteiger charge is -2.09. The molecule has 0 atom stereocenters. The molecule has 0 aliphatic heterocycles. The predicted molar refractivity (Wildman–Crippen MR) is 73.5 cm³/mol. The summed E-state index contributed by atoms with van der Waals surface area (Å²) in [5.41, 5.74) is 1.36. The van der Waals surface area contributed by atoms with Gasteiger partial charge in [0.25, 0.3) is 0 Å². The Bertz CT molecular complexity index is 679. The van der Waals surface area contributed by atoms with Gasteiger partial charge in [0.15, 0.2) is 0 Å². The Balaban J connectivity index is 2.25. The van der Waals surface area contributed by atoms with Gasteiger partial charge >= 0.3 is 0 Å². The van der Waals surface area contributed by atoms with Crippen molar-refractivity contribution in [3.05, 3.63) is 53.6 Å². The minimum atomic E-state index is 0.364. The van der Waals surface area contributed by atoms with E-state index in [1.54, 1.807) is 37.4 Å². The zero-order valence-corrected chi connectivity index (χ0v) is 11.0. The van der Waals surface area contributed by atoms with Gasteiger partial charge in [-0.15, -0.1) is 0 Å². The van der Waals surface area contributed by atoms with E-state index in [0.717, 1.165) is 5.56 Å². The molecule has 0 unspecified atom stereocenters. The molecule has 0 aliphatic carbocycles. The van der Waals surface area contributed by atoms with E-state index in [4.69, 9.17) is 20.0 Å². The summed E-state index contributed by atoms with van der Waals surface area (Å²) in [5, 5.41) is 17.7. The lowest BCUT2D eigenvalue weighted by atomic mass is 10.1. The zero-order chi connectivity index (χ0) is 14.4. The fourth-order valence-electron chi connectivity index (χ4n) is 1.70. The second-order valence-corrected chi connectivity index (χ2v) is 4.05. The van der Waals surface area contributed by atoms with Gasteiger partial charge in [0.2, 0.25) is 0 Å². The molecular weight excluding hydrogens is 252 g/mol. The molecule has 0 aromatic heterocycles. The Morgan fingerprint density at radius 1 is 1.00 bits per heavy atom. The Kier molecular flexibility index (Phi) is 4.21. The first-order chi connectivity index (χ1) is 9.76. The molecule has 98 valence electrons. The molecule has 0 saturated carbocycles. The Labute approximate surface area is 117 Å². The van der Waals surface area contributed by atoms with E-state index in [2.05, 4.69) is 12.1 Å². The van der Waals surface area contributed by atoms with Crippen LogP contribution in [0.2, 0.25) is 0 Å². The molecule has 0 fully saturated rings. The van der Waals surface area contributed by atoms with Crippen LogP contribution in [0.5, 0.6) is 17.2 Å². The largest absolute Gasteiger partial charge is 0.497 e. The Morgan fingerprint density at radius 2 is 1.70 bits per heavy atom. The van der Waals surface area contributed by atoms with Crippen LogP contribution < -0.4 is 9.47 Å². The number of nitrogens with zero attached hydrogens (tertiary/aromatic N) is 2. The summed E-state index contributed by atoms with van der Waals surface area (Å²) in [5.74, 6) is 1.68. The quantitative estimate of drug-likeness (QED) is 0.848. The van der Waals surface area contributed by atoms with Gasteiger partial charge in [-0.05, 0) is 29.8 Å². The van der Waals surface area contributed by atoms with Gasteiger partial charge in [0, 0.05) is 6.07 Å². The Hall–Kier alpha value is -2.98. The molecule has 0 aliphatic rings. The first-order valence-electron chi connectivity index (χ1n) is 5.98. The van der Waals surface area contributed by atoms with Gasteiger partial charge < -0.3 is 9.47 Å². The third kappa shape index (κ3) is 3.07. The van der Waals surface area contributed by atoms with Crippen molar-refractivity contribution in [1.29, 1.82) is 10.5 Å². The van der Waals surface area contributed by atoms with Gasteiger partial charge in [-0.1, -0.05) is 12.1 Å². The van der Waals surface area contributed by atoms with Gasteiger partial charge in [-0.2, -0.15) is 10.5 Å². The molecule has 4 nitrogen and oxygen atoms in total. The highest BCUT2D eigenvalue weighted by Gasteiger charge is 2.07. The molecule has 0 bridgehead atoms. The summed E-state index contributed by atoms with van der Waals surface area (Å²) in [6, 6.07) is 16.4. The first-order valence-corrected chi connectivity index (χ1v) is 5.98. The van der Waals surface area contributed by atoms with E-state index in [0.29, 0.717) is 29.2 Å². The summed E-state index contributed by atoms with van der Waals surface area (Å²) < 4.78 is 10.8. The lowest BCUT2D eigenvalue weighted by Crippen LogP contribution is -1.91. The Morgan fingerprint density at radius 3 is 2.30 bits per heavy atom. The second kappa shape index (κ2) is 6.26. The maximum absolute atomic E-state index is 9.07. The minimum Gasteiger partial charge on any atom is -0.497 e. The van der Waals surface area contributed by atoms with Crippen molar-refractivity contribution >= 4 is 0 Å². The van der Waals surface area contributed by atoms with E-state index >= 15 is 0 Å². The van der Waals surface area contributed by atoms with Gasteiger partial charge in [0.05, 0.1) is 25.2 Å². The van der Waals surface area contributed by atoms with Crippen molar-refractivity contribution in [2.45, 2.75) is 6.42 Å². The van der Waals surface area contributed by atoms with Crippen molar-refractivity contribution in [2.75, 3.05) is 7.11 Å². The summed E-state index contributed by atoms with van der Waals surface area (Å²) in [7, 11) is 1.56. The summed E-state index contributed by atoms with van der Waals surface area (Å²) in [6.45, 7) is 0. The number of ether oxygens (including phenoxy) is 2. The number of hydrogen-bond acceptors (Lipinski definition) is 4. The number of nitriles is 2.